The molecular formula is C10H9ClN2O2. The fraction of sp³-hybridized carbons (Fsp3) is 0.200. The number of nitrogens with zero attached hydrogens (tertiary/aromatic N) is 2. The minimum Gasteiger partial charge on any atom is -0.387 e. The Hall–Kier alpha value is -1.39. The summed E-state index contributed by atoms with van der Waals surface area (Å²) in [6.07, 6.45) is 0. The van der Waals surface area contributed by atoms with Crippen molar-refractivity contribution in [1.82, 2.24) is 10.1 Å². The second kappa shape index (κ2) is 4.00. The van der Waals surface area contributed by atoms with Gasteiger partial charge >= 0.3 is 0 Å². The zero-order valence-corrected chi connectivity index (χ0v) is 8.82. The minimum atomic E-state index is -0.257. The zero-order chi connectivity index (χ0) is 10.8. The van der Waals surface area contributed by atoms with Gasteiger partial charge in [0.2, 0.25) is 5.82 Å². The maximum Gasteiger partial charge on any atom is 0.252 e. The lowest BCUT2D eigenvalue weighted by molar-refractivity contribution is 0.222. The highest BCUT2D eigenvalue weighted by molar-refractivity contribution is 6.30. The van der Waals surface area contributed by atoms with Gasteiger partial charge in [-0.2, -0.15) is 4.98 Å². The summed E-state index contributed by atoms with van der Waals surface area (Å²) in [6, 6.07) is 5.45. The van der Waals surface area contributed by atoms with Gasteiger partial charge in [-0.05, 0) is 24.6 Å². The van der Waals surface area contributed by atoms with Crippen LogP contribution in [-0.4, -0.2) is 15.2 Å². The first-order valence-corrected chi connectivity index (χ1v) is 4.78. The van der Waals surface area contributed by atoms with E-state index in [4.69, 9.17) is 21.2 Å². The minimum absolute atomic E-state index is 0.198. The van der Waals surface area contributed by atoms with Crippen molar-refractivity contribution in [2.75, 3.05) is 0 Å². The average molecular weight is 225 g/mol. The molecule has 2 rings (SSSR count). The molecule has 4 nitrogen and oxygen atoms in total. The Labute approximate surface area is 91.5 Å². The van der Waals surface area contributed by atoms with E-state index in [1.807, 2.05) is 13.0 Å². The summed E-state index contributed by atoms with van der Waals surface area (Å²) in [7, 11) is 0. The van der Waals surface area contributed by atoms with Gasteiger partial charge in [0.1, 0.15) is 6.61 Å². The Kier molecular flexibility index (Phi) is 2.70. The van der Waals surface area contributed by atoms with Gasteiger partial charge < -0.3 is 9.63 Å². The second-order valence-electron chi connectivity index (χ2n) is 3.13. The predicted molar refractivity (Wildman–Crippen MR) is 55.4 cm³/mol. The molecule has 1 N–H and O–H groups in total. The maximum absolute atomic E-state index is 8.80. The lowest BCUT2D eigenvalue weighted by atomic mass is 10.1. The standard InChI is InChI=1S/C10H9ClN2O2/c1-6-2-3-7(11)4-8(6)10-12-9(5-14)15-13-10/h2-4,14H,5H2,1H3. The van der Waals surface area contributed by atoms with E-state index in [1.165, 1.54) is 0 Å². The molecule has 0 spiro atoms. The van der Waals surface area contributed by atoms with E-state index in [9.17, 15) is 0 Å². The number of aliphatic hydroxyl groups excluding tert-OH is 1. The van der Waals surface area contributed by atoms with Crippen molar-refractivity contribution in [1.29, 1.82) is 0 Å². The number of aromatic nitrogens is 2. The molecular weight excluding hydrogens is 216 g/mol. The van der Waals surface area contributed by atoms with Crippen molar-refractivity contribution < 1.29 is 9.63 Å². The van der Waals surface area contributed by atoms with Gasteiger partial charge in [-0.25, -0.2) is 0 Å². The zero-order valence-electron chi connectivity index (χ0n) is 8.07. The predicted octanol–water partition coefficient (Wildman–Crippen LogP) is 2.19. The smallest absolute Gasteiger partial charge is 0.252 e. The maximum atomic E-state index is 8.80. The third-order valence-electron chi connectivity index (χ3n) is 2.04. The molecule has 0 saturated carbocycles. The topological polar surface area (TPSA) is 59.2 Å². The van der Waals surface area contributed by atoms with E-state index in [2.05, 4.69) is 10.1 Å². The lowest BCUT2D eigenvalue weighted by Crippen LogP contribution is -1.86. The van der Waals surface area contributed by atoms with Crippen molar-refractivity contribution in [3.05, 3.63) is 34.7 Å². The van der Waals surface area contributed by atoms with Crippen molar-refractivity contribution in [2.24, 2.45) is 0 Å². The summed E-state index contributed by atoms with van der Waals surface area (Å²) in [5.41, 5.74) is 1.82. The molecule has 15 heavy (non-hydrogen) atoms. The first-order valence-electron chi connectivity index (χ1n) is 4.40. The Balaban J connectivity index is 2.48. The normalized spacial score (nSPS) is 10.6. The van der Waals surface area contributed by atoms with Crippen LogP contribution in [0.3, 0.4) is 0 Å². The van der Waals surface area contributed by atoms with E-state index in [1.54, 1.807) is 12.1 Å². The summed E-state index contributed by atoms with van der Waals surface area (Å²) >= 11 is 5.87. The first-order chi connectivity index (χ1) is 7.20. The van der Waals surface area contributed by atoms with Gasteiger partial charge in [0, 0.05) is 10.6 Å². The molecule has 0 bridgehead atoms. The van der Waals surface area contributed by atoms with Gasteiger partial charge in [-0.15, -0.1) is 0 Å². The third-order valence-corrected chi connectivity index (χ3v) is 2.28. The number of halogens is 1. The number of hydrogen-bond donors (Lipinski definition) is 1. The quantitative estimate of drug-likeness (QED) is 0.850. The lowest BCUT2D eigenvalue weighted by Gasteiger charge is -2.00. The van der Waals surface area contributed by atoms with Gasteiger partial charge in [0.05, 0.1) is 0 Å². The average Bonchev–Trinajstić information content (AvgIpc) is 2.70. The number of rotatable bonds is 2. The van der Waals surface area contributed by atoms with Crippen LogP contribution in [0.25, 0.3) is 11.4 Å². The first kappa shape index (κ1) is 10.1. The molecule has 0 radical (unpaired) electrons. The van der Waals surface area contributed by atoms with Gasteiger partial charge in [-0.1, -0.05) is 22.8 Å². The second-order valence-corrected chi connectivity index (χ2v) is 3.57. The van der Waals surface area contributed by atoms with E-state index in [-0.39, 0.29) is 12.5 Å². The third kappa shape index (κ3) is 2.00. The van der Waals surface area contributed by atoms with Crippen LogP contribution in [0, 0.1) is 6.92 Å². The molecule has 0 fully saturated rings. The molecule has 1 aromatic carbocycles. The van der Waals surface area contributed by atoms with Crippen LogP contribution in [0.4, 0.5) is 0 Å². The summed E-state index contributed by atoms with van der Waals surface area (Å²) in [5.74, 6) is 0.642. The van der Waals surface area contributed by atoms with E-state index >= 15 is 0 Å². The largest absolute Gasteiger partial charge is 0.387 e. The SMILES string of the molecule is Cc1ccc(Cl)cc1-c1noc(CO)n1. The van der Waals surface area contributed by atoms with Crippen LogP contribution >= 0.6 is 11.6 Å². The van der Waals surface area contributed by atoms with Crippen LogP contribution < -0.4 is 0 Å². The fourth-order valence-electron chi connectivity index (χ4n) is 1.26. The summed E-state index contributed by atoms with van der Waals surface area (Å²) in [4.78, 5) is 4.01. The number of hydrogen-bond acceptors (Lipinski definition) is 4. The summed E-state index contributed by atoms with van der Waals surface area (Å²) in [5, 5.41) is 13.2. The number of aliphatic hydroxyl groups is 1. The van der Waals surface area contributed by atoms with Gasteiger partial charge in [0.15, 0.2) is 0 Å². The molecule has 5 heteroatoms. The van der Waals surface area contributed by atoms with Gasteiger partial charge in [0.25, 0.3) is 5.89 Å². The van der Waals surface area contributed by atoms with Crippen LogP contribution in [0.15, 0.2) is 22.7 Å². The highest BCUT2D eigenvalue weighted by atomic mass is 35.5. The molecule has 0 amide bonds. The van der Waals surface area contributed by atoms with Crippen molar-refractivity contribution >= 4 is 11.6 Å². The van der Waals surface area contributed by atoms with Crippen molar-refractivity contribution in [3.63, 3.8) is 0 Å². The monoisotopic (exact) mass is 224 g/mol. The van der Waals surface area contributed by atoms with Crippen molar-refractivity contribution in [2.45, 2.75) is 13.5 Å². The molecule has 0 unspecified atom stereocenters. The van der Waals surface area contributed by atoms with Crippen LogP contribution in [0.2, 0.25) is 5.02 Å². The molecule has 0 aliphatic rings. The summed E-state index contributed by atoms with van der Waals surface area (Å²) < 4.78 is 4.81. The highest BCUT2D eigenvalue weighted by Crippen LogP contribution is 2.24. The van der Waals surface area contributed by atoms with E-state index < -0.39 is 0 Å². The molecule has 0 atom stereocenters. The number of aryl methyl sites for hydroxylation is 1. The molecule has 0 aliphatic heterocycles. The molecule has 1 heterocycles. The molecule has 78 valence electrons. The Bertz CT molecular complexity index is 482. The van der Waals surface area contributed by atoms with Crippen LogP contribution in [0.5, 0.6) is 0 Å². The molecule has 2 aromatic rings. The fourth-order valence-corrected chi connectivity index (χ4v) is 1.44. The Morgan fingerprint density at radius 1 is 1.47 bits per heavy atom. The highest BCUT2D eigenvalue weighted by Gasteiger charge is 2.10. The molecule has 1 aromatic heterocycles. The summed E-state index contributed by atoms with van der Waals surface area (Å²) in [6.45, 7) is 1.67. The van der Waals surface area contributed by atoms with Gasteiger partial charge in [-0.3, -0.25) is 0 Å². The number of benzene rings is 1. The van der Waals surface area contributed by atoms with Crippen molar-refractivity contribution in [3.8, 4) is 11.4 Å². The van der Waals surface area contributed by atoms with E-state index in [0.717, 1.165) is 11.1 Å². The van der Waals surface area contributed by atoms with Crippen LogP contribution in [0.1, 0.15) is 11.5 Å². The Morgan fingerprint density at radius 2 is 2.27 bits per heavy atom. The molecule has 0 aliphatic carbocycles. The van der Waals surface area contributed by atoms with Crippen LogP contribution in [-0.2, 0) is 6.61 Å². The Morgan fingerprint density at radius 3 is 2.93 bits per heavy atom. The van der Waals surface area contributed by atoms with E-state index in [0.29, 0.717) is 10.8 Å². The molecule has 0 saturated heterocycles.